The Bertz CT molecular complexity index is 1320. The van der Waals surface area contributed by atoms with E-state index in [0.29, 0.717) is 6.42 Å². The highest BCUT2D eigenvalue weighted by molar-refractivity contribution is 5.85. The van der Waals surface area contributed by atoms with Gasteiger partial charge in [-0.25, -0.2) is 18.0 Å². The van der Waals surface area contributed by atoms with E-state index in [1.54, 1.807) is 7.05 Å². The third kappa shape index (κ3) is 5.84. The van der Waals surface area contributed by atoms with Gasteiger partial charge in [-0.2, -0.15) is 0 Å². The Hall–Kier alpha value is -3.04. The van der Waals surface area contributed by atoms with Crippen LogP contribution in [0.1, 0.15) is 31.5 Å². The molecule has 1 aromatic heterocycles. The predicted octanol–water partition coefficient (Wildman–Crippen LogP) is 4.52. The lowest BCUT2D eigenvalue weighted by molar-refractivity contribution is 0.381. The minimum atomic E-state index is -0.823. The van der Waals surface area contributed by atoms with Crippen LogP contribution in [-0.2, 0) is 13.1 Å². The summed E-state index contributed by atoms with van der Waals surface area (Å²) in [7, 11) is 3.03. The van der Waals surface area contributed by atoms with Gasteiger partial charge in [-0.1, -0.05) is 32.0 Å². The van der Waals surface area contributed by atoms with Crippen molar-refractivity contribution in [1.29, 1.82) is 0 Å². The average molecular weight is 526 g/mol. The fraction of sp³-hybridized carbons (Fsp3) is 0.385. The molecule has 0 radical (unpaired) electrons. The minimum Gasteiger partial charge on any atom is -0.494 e. The number of nitrogens with one attached hydrogen (secondary N) is 1. The van der Waals surface area contributed by atoms with E-state index in [-0.39, 0.29) is 59.0 Å². The minimum absolute atomic E-state index is 0. The van der Waals surface area contributed by atoms with Gasteiger partial charge in [0.1, 0.15) is 11.6 Å². The highest BCUT2D eigenvalue weighted by atomic mass is 35.5. The topological polar surface area (TPSA) is 65.3 Å². The Balaban J connectivity index is 0.00000456. The van der Waals surface area contributed by atoms with Crippen molar-refractivity contribution < 1.29 is 17.9 Å². The summed E-state index contributed by atoms with van der Waals surface area (Å²) >= 11 is 0. The van der Waals surface area contributed by atoms with E-state index >= 15 is 4.39 Å². The van der Waals surface area contributed by atoms with Crippen LogP contribution in [0.25, 0.3) is 11.1 Å². The SMILES string of the molecule is CN[C@H](CC(C)C)Cn1c(=O)c(-c2cccc(OC)c2F)c(C)n(Cc2c(F)cccc2F)c1=O.Cl. The maximum atomic E-state index is 15.2. The molecule has 196 valence electrons. The molecule has 0 spiro atoms. The van der Waals surface area contributed by atoms with E-state index < -0.39 is 35.2 Å². The number of halogens is 4. The van der Waals surface area contributed by atoms with Gasteiger partial charge in [0.05, 0.1) is 19.2 Å². The third-order valence-corrected chi connectivity index (χ3v) is 6.09. The molecule has 0 unspecified atom stereocenters. The molecule has 0 amide bonds. The molecule has 0 aliphatic carbocycles. The first-order valence-electron chi connectivity index (χ1n) is 11.4. The Morgan fingerprint density at radius 1 is 1.00 bits per heavy atom. The van der Waals surface area contributed by atoms with Crippen LogP contribution in [0.15, 0.2) is 46.0 Å². The average Bonchev–Trinajstić information content (AvgIpc) is 2.81. The first kappa shape index (κ1) is 29.2. The van der Waals surface area contributed by atoms with Gasteiger partial charge < -0.3 is 10.1 Å². The van der Waals surface area contributed by atoms with E-state index in [1.807, 2.05) is 13.8 Å². The molecule has 1 heterocycles. The molecular formula is C26H31ClF3N3O3. The normalized spacial score (nSPS) is 11.9. The zero-order valence-electron chi connectivity index (χ0n) is 20.9. The second-order valence-electron chi connectivity index (χ2n) is 8.88. The van der Waals surface area contributed by atoms with Crippen molar-refractivity contribution in [1.82, 2.24) is 14.5 Å². The van der Waals surface area contributed by atoms with E-state index in [4.69, 9.17) is 4.74 Å². The van der Waals surface area contributed by atoms with Gasteiger partial charge in [0, 0.05) is 29.4 Å². The third-order valence-electron chi connectivity index (χ3n) is 6.09. The first-order chi connectivity index (χ1) is 16.6. The lowest BCUT2D eigenvalue weighted by Gasteiger charge is -2.22. The van der Waals surface area contributed by atoms with Crippen LogP contribution in [0, 0.1) is 30.3 Å². The van der Waals surface area contributed by atoms with Crippen LogP contribution in [0.3, 0.4) is 0 Å². The van der Waals surface area contributed by atoms with Crippen molar-refractivity contribution in [2.24, 2.45) is 5.92 Å². The number of nitrogens with zero attached hydrogens (tertiary/aromatic N) is 2. The molecule has 0 aliphatic heterocycles. The van der Waals surface area contributed by atoms with Crippen LogP contribution in [0.4, 0.5) is 13.2 Å². The molecule has 0 bridgehead atoms. The molecule has 3 rings (SSSR count). The quantitative estimate of drug-likeness (QED) is 0.446. The van der Waals surface area contributed by atoms with Gasteiger partial charge in [0.25, 0.3) is 5.56 Å². The smallest absolute Gasteiger partial charge is 0.331 e. The van der Waals surface area contributed by atoms with Crippen molar-refractivity contribution in [2.45, 2.75) is 46.3 Å². The highest BCUT2D eigenvalue weighted by Crippen LogP contribution is 2.29. The van der Waals surface area contributed by atoms with Gasteiger partial charge in [-0.3, -0.25) is 13.9 Å². The molecular weight excluding hydrogens is 495 g/mol. The largest absolute Gasteiger partial charge is 0.494 e. The maximum absolute atomic E-state index is 15.2. The van der Waals surface area contributed by atoms with Crippen molar-refractivity contribution in [2.75, 3.05) is 14.2 Å². The number of likely N-dealkylation sites (N-methyl/N-ethyl adjacent to an activating group) is 1. The molecule has 0 aliphatic rings. The first-order valence-corrected chi connectivity index (χ1v) is 11.4. The Morgan fingerprint density at radius 3 is 2.17 bits per heavy atom. The van der Waals surface area contributed by atoms with Gasteiger partial charge in [0.15, 0.2) is 11.6 Å². The van der Waals surface area contributed by atoms with Crippen molar-refractivity contribution in [3.8, 4) is 16.9 Å². The lowest BCUT2D eigenvalue weighted by atomic mass is 10.0. The summed E-state index contributed by atoms with van der Waals surface area (Å²) < 4.78 is 51.3. The summed E-state index contributed by atoms with van der Waals surface area (Å²) in [5, 5.41) is 3.11. The van der Waals surface area contributed by atoms with Gasteiger partial charge in [-0.15, -0.1) is 12.4 Å². The molecule has 1 N–H and O–H groups in total. The number of methoxy groups -OCH3 is 1. The Morgan fingerprint density at radius 2 is 1.61 bits per heavy atom. The molecule has 2 aromatic carbocycles. The molecule has 1 atom stereocenters. The van der Waals surface area contributed by atoms with Crippen LogP contribution < -0.4 is 21.3 Å². The summed E-state index contributed by atoms with van der Waals surface area (Å²) in [4.78, 5) is 27.1. The molecule has 0 saturated heterocycles. The van der Waals surface area contributed by atoms with E-state index in [2.05, 4.69) is 5.32 Å². The van der Waals surface area contributed by atoms with Crippen LogP contribution >= 0.6 is 12.4 Å². The molecule has 3 aromatic rings. The summed E-state index contributed by atoms with van der Waals surface area (Å²) in [6.07, 6.45) is 0.668. The van der Waals surface area contributed by atoms with Gasteiger partial charge in [-0.05, 0) is 44.5 Å². The number of hydrogen-bond acceptors (Lipinski definition) is 4. The standard InChI is InChI=1S/C26H30F3N3O3.ClH/c1-15(2)12-17(30-4)13-32-25(33)23(18-8-6-11-22(35-5)24(18)29)16(3)31(26(32)34)14-19-20(27)9-7-10-21(19)28;/h6-11,15,17,30H,12-14H2,1-5H3;1H/t17-;/m1./s1. The van der Waals surface area contributed by atoms with Crippen LogP contribution in [-0.4, -0.2) is 29.3 Å². The molecule has 36 heavy (non-hydrogen) atoms. The lowest BCUT2D eigenvalue weighted by Crippen LogP contribution is -2.46. The number of benzene rings is 2. The molecule has 0 fully saturated rings. The summed E-state index contributed by atoms with van der Waals surface area (Å²) in [5.41, 5.74) is -1.78. The van der Waals surface area contributed by atoms with E-state index in [1.165, 1.54) is 38.3 Å². The monoisotopic (exact) mass is 525 g/mol. The van der Waals surface area contributed by atoms with Crippen molar-refractivity contribution in [3.63, 3.8) is 0 Å². The Labute approximate surface area is 214 Å². The molecule has 6 nitrogen and oxygen atoms in total. The van der Waals surface area contributed by atoms with Gasteiger partial charge in [0.2, 0.25) is 0 Å². The Kier molecular flexibility index (Phi) is 9.95. The van der Waals surface area contributed by atoms with E-state index in [9.17, 15) is 18.4 Å². The predicted molar refractivity (Wildman–Crippen MR) is 137 cm³/mol. The summed E-state index contributed by atoms with van der Waals surface area (Å²) in [6.45, 7) is 5.03. The second kappa shape index (κ2) is 12.3. The maximum Gasteiger partial charge on any atom is 0.331 e. The zero-order chi connectivity index (χ0) is 25.9. The van der Waals surface area contributed by atoms with E-state index in [0.717, 1.165) is 21.3 Å². The van der Waals surface area contributed by atoms with Crippen molar-refractivity contribution >= 4 is 12.4 Å². The highest BCUT2D eigenvalue weighted by Gasteiger charge is 2.24. The molecule has 0 saturated carbocycles. The van der Waals surface area contributed by atoms with Crippen molar-refractivity contribution in [3.05, 3.63) is 85.9 Å². The summed E-state index contributed by atoms with van der Waals surface area (Å²) in [5.74, 6) is -2.21. The molecule has 10 heteroatoms. The fourth-order valence-corrected chi connectivity index (χ4v) is 4.23. The number of hydrogen-bond donors (Lipinski definition) is 1. The summed E-state index contributed by atoms with van der Waals surface area (Å²) in [6, 6.07) is 7.54. The fourth-order valence-electron chi connectivity index (χ4n) is 4.23. The van der Waals surface area contributed by atoms with Crippen LogP contribution in [0.2, 0.25) is 0 Å². The second-order valence-corrected chi connectivity index (χ2v) is 8.88. The number of aromatic nitrogens is 2. The number of ether oxygens (including phenoxy) is 1. The van der Waals surface area contributed by atoms with Gasteiger partial charge >= 0.3 is 5.69 Å². The zero-order valence-corrected chi connectivity index (χ0v) is 21.7. The number of rotatable bonds is 9. The van der Waals surface area contributed by atoms with Crippen LogP contribution in [0.5, 0.6) is 5.75 Å².